The monoisotopic (exact) mass is 291 g/mol. The van der Waals surface area contributed by atoms with Gasteiger partial charge in [-0.15, -0.1) is 0 Å². The zero-order chi connectivity index (χ0) is 14.9. The molecule has 1 fully saturated rings. The number of hydrogen-bond donors (Lipinski definition) is 1. The van der Waals surface area contributed by atoms with Gasteiger partial charge in [-0.25, -0.2) is 9.97 Å². The van der Waals surface area contributed by atoms with Gasteiger partial charge in [-0.2, -0.15) is 0 Å². The smallest absolute Gasteiger partial charge is 0.134 e. The topological polar surface area (TPSA) is 47.0 Å². The number of nitrogens with one attached hydrogen (secondary N) is 1. The second kappa shape index (κ2) is 8.98. The maximum absolute atomic E-state index is 5.26. The second-order valence-corrected chi connectivity index (χ2v) is 6.00. The molecule has 0 bridgehead atoms. The molecule has 0 saturated heterocycles. The van der Waals surface area contributed by atoms with E-state index in [4.69, 9.17) is 14.7 Å². The van der Waals surface area contributed by atoms with Crippen LogP contribution < -0.4 is 5.32 Å². The van der Waals surface area contributed by atoms with Gasteiger partial charge in [-0.3, -0.25) is 0 Å². The molecular weight excluding hydrogens is 262 g/mol. The molecular formula is C17H29N3O. The van der Waals surface area contributed by atoms with Crippen LogP contribution in [-0.4, -0.2) is 23.6 Å². The van der Waals surface area contributed by atoms with E-state index >= 15 is 0 Å². The van der Waals surface area contributed by atoms with Crippen LogP contribution in [0.4, 0.5) is 5.82 Å². The van der Waals surface area contributed by atoms with Gasteiger partial charge in [0.2, 0.25) is 0 Å². The third-order valence-corrected chi connectivity index (χ3v) is 4.12. The Balaban J connectivity index is 2.16. The van der Waals surface area contributed by atoms with E-state index in [1.54, 1.807) is 7.11 Å². The minimum atomic E-state index is 0.518. The summed E-state index contributed by atoms with van der Waals surface area (Å²) in [5, 5.41) is 3.39. The highest BCUT2D eigenvalue weighted by Gasteiger charge is 2.18. The fraction of sp³-hybridized carbons (Fsp3) is 0.765. The number of methoxy groups -OCH3 is 1. The van der Waals surface area contributed by atoms with Crippen LogP contribution in [0.3, 0.4) is 0 Å². The average Bonchev–Trinajstić information content (AvgIpc) is 2.45. The van der Waals surface area contributed by atoms with Gasteiger partial charge in [0.1, 0.15) is 11.6 Å². The number of nitrogens with zero attached hydrogens (tertiary/aromatic N) is 2. The van der Waals surface area contributed by atoms with Crippen LogP contribution in [0.25, 0.3) is 0 Å². The summed E-state index contributed by atoms with van der Waals surface area (Å²) in [4.78, 5) is 9.52. The van der Waals surface area contributed by atoms with Gasteiger partial charge < -0.3 is 10.1 Å². The van der Waals surface area contributed by atoms with Crippen LogP contribution in [0.15, 0.2) is 6.07 Å². The Bertz CT molecular complexity index is 414. The molecule has 0 aromatic carbocycles. The first-order chi connectivity index (χ1) is 10.3. The highest BCUT2D eigenvalue weighted by Crippen LogP contribution is 2.29. The summed E-state index contributed by atoms with van der Waals surface area (Å²) in [7, 11) is 1.72. The quantitative estimate of drug-likeness (QED) is 0.850. The summed E-state index contributed by atoms with van der Waals surface area (Å²) >= 11 is 0. The van der Waals surface area contributed by atoms with Gasteiger partial charge in [0.15, 0.2) is 0 Å². The van der Waals surface area contributed by atoms with Crippen molar-refractivity contribution in [3.8, 4) is 0 Å². The molecule has 1 heterocycles. The molecule has 0 radical (unpaired) electrons. The second-order valence-electron chi connectivity index (χ2n) is 6.00. The van der Waals surface area contributed by atoms with Gasteiger partial charge in [-0.05, 0) is 19.3 Å². The molecule has 0 aliphatic heterocycles. The van der Waals surface area contributed by atoms with Crippen molar-refractivity contribution in [3.63, 3.8) is 0 Å². The summed E-state index contributed by atoms with van der Waals surface area (Å²) in [6.07, 6.45) is 10.3. The van der Waals surface area contributed by atoms with E-state index in [1.807, 2.05) is 6.07 Å². The summed E-state index contributed by atoms with van der Waals surface area (Å²) in [6, 6.07) is 2.02. The lowest BCUT2D eigenvalue weighted by Crippen LogP contribution is -2.12. The van der Waals surface area contributed by atoms with Crippen LogP contribution >= 0.6 is 0 Å². The lowest BCUT2D eigenvalue weighted by Gasteiger charge is -2.20. The van der Waals surface area contributed by atoms with Crippen LogP contribution in [0.1, 0.15) is 75.7 Å². The average molecular weight is 291 g/mol. The minimum Gasteiger partial charge on any atom is -0.378 e. The molecule has 1 saturated carbocycles. The van der Waals surface area contributed by atoms with Crippen LogP contribution in [0.5, 0.6) is 0 Å². The van der Waals surface area contributed by atoms with E-state index in [0.717, 1.165) is 30.3 Å². The Morgan fingerprint density at radius 3 is 2.52 bits per heavy atom. The van der Waals surface area contributed by atoms with Gasteiger partial charge in [0.25, 0.3) is 0 Å². The molecule has 2 rings (SSSR count). The van der Waals surface area contributed by atoms with Crippen LogP contribution in [0.2, 0.25) is 0 Å². The van der Waals surface area contributed by atoms with E-state index in [0.29, 0.717) is 12.5 Å². The highest BCUT2D eigenvalue weighted by molar-refractivity contribution is 5.36. The number of hydrogen-bond acceptors (Lipinski definition) is 4. The van der Waals surface area contributed by atoms with Crippen molar-refractivity contribution in [3.05, 3.63) is 17.6 Å². The van der Waals surface area contributed by atoms with Gasteiger partial charge in [-0.1, -0.05) is 39.0 Å². The van der Waals surface area contributed by atoms with Crippen molar-refractivity contribution < 1.29 is 4.74 Å². The number of aromatic nitrogens is 2. The molecule has 4 nitrogen and oxygen atoms in total. The van der Waals surface area contributed by atoms with E-state index in [2.05, 4.69) is 12.2 Å². The summed E-state index contributed by atoms with van der Waals surface area (Å²) < 4.78 is 5.26. The van der Waals surface area contributed by atoms with Gasteiger partial charge in [0, 0.05) is 25.6 Å². The Labute approximate surface area is 128 Å². The third-order valence-electron chi connectivity index (χ3n) is 4.12. The summed E-state index contributed by atoms with van der Waals surface area (Å²) in [5.41, 5.74) is 0.989. The summed E-state index contributed by atoms with van der Waals surface area (Å²) in [5.74, 6) is 2.49. The fourth-order valence-electron chi connectivity index (χ4n) is 2.98. The SMILES string of the molecule is CCCNc1cc(COC)nc(C2CCCCCCC2)n1. The molecule has 0 amide bonds. The molecule has 1 aliphatic rings. The highest BCUT2D eigenvalue weighted by atomic mass is 16.5. The van der Waals surface area contributed by atoms with Crippen LogP contribution in [0, 0.1) is 0 Å². The first-order valence-corrected chi connectivity index (χ1v) is 8.44. The maximum atomic E-state index is 5.26. The van der Waals surface area contributed by atoms with Crippen molar-refractivity contribution in [2.45, 2.75) is 70.8 Å². The normalized spacial score (nSPS) is 17.2. The largest absolute Gasteiger partial charge is 0.378 e. The van der Waals surface area contributed by atoms with Gasteiger partial charge >= 0.3 is 0 Å². The summed E-state index contributed by atoms with van der Waals surface area (Å²) in [6.45, 7) is 3.68. The van der Waals surface area contributed by atoms with E-state index in [-0.39, 0.29) is 0 Å². The van der Waals surface area contributed by atoms with Crippen molar-refractivity contribution in [1.29, 1.82) is 0 Å². The molecule has 1 aromatic rings. The molecule has 1 N–H and O–H groups in total. The maximum Gasteiger partial charge on any atom is 0.134 e. The first-order valence-electron chi connectivity index (χ1n) is 8.44. The lowest BCUT2D eigenvalue weighted by molar-refractivity contribution is 0.181. The zero-order valence-corrected chi connectivity index (χ0v) is 13.5. The number of ether oxygens (including phenoxy) is 1. The predicted octanol–water partition coefficient (Wildman–Crippen LogP) is 4.27. The minimum absolute atomic E-state index is 0.518. The Kier molecular flexibility index (Phi) is 6.93. The Morgan fingerprint density at radius 1 is 1.14 bits per heavy atom. The zero-order valence-electron chi connectivity index (χ0n) is 13.5. The lowest BCUT2D eigenvalue weighted by atomic mass is 9.90. The standard InChI is InChI=1S/C17H29N3O/c1-3-11-18-16-12-15(13-21-2)19-17(20-16)14-9-7-5-4-6-8-10-14/h12,14H,3-11,13H2,1-2H3,(H,18,19,20). The Morgan fingerprint density at radius 2 is 1.86 bits per heavy atom. The predicted molar refractivity (Wildman–Crippen MR) is 86.6 cm³/mol. The molecule has 1 aliphatic carbocycles. The van der Waals surface area contributed by atoms with Crippen molar-refractivity contribution in [2.24, 2.45) is 0 Å². The Hall–Kier alpha value is -1.16. The van der Waals surface area contributed by atoms with E-state index < -0.39 is 0 Å². The number of anilines is 1. The molecule has 0 unspecified atom stereocenters. The fourth-order valence-corrected chi connectivity index (χ4v) is 2.98. The van der Waals surface area contributed by atoms with Crippen molar-refractivity contribution in [1.82, 2.24) is 9.97 Å². The molecule has 21 heavy (non-hydrogen) atoms. The molecule has 1 aromatic heterocycles. The molecule has 118 valence electrons. The third kappa shape index (κ3) is 5.27. The van der Waals surface area contributed by atoms with Crippen molar-refractivity contribution in [2.75, 3.05) is 19.0 Å². The molecule has 0 atom stereocenters. The first kappa shape index (κ1) is 16.2. The number of rotatable bonds is 6. The van der Waals surface area contributed by atoms with Gasteiger partial charge in [0.05, 0.1) is 12.3 Å². The van der Waals surface area contributed by atoms with E-state index in [9.17, 15) is 0 Å². The molecule has 0 spiro atoms. The van der Waals surface area contributed by atoms with E-state index in [1.165, 1.54) is 44.9 Å². The van der Waals surface area contributed by atoms with Crippen LogP contribution in [-0.2, 0) is 11.3 Å². The van der Waals surface area contributed by atoms with Crippen molar-refractivity contribution >= 4 is 5.82 Å². The molecule has 4 heteroatoms.